The molecule has 2 amide bonds. The lowest BCUT2D eigenvalue weighted by molar-refractivity contribution is -0.139. The van der Waals surface area contributed by atoms with E-state index in [1.54, 1.807) is 55.5 Å². The van der Waals surface area contributed by atoms with Gasteiger partial charge in [0, 0.05) is 28.2 Å². The van der Waals surface area contributed by atoms with E-state index in [0.717, 1.165) is 15.4 Å². The minimum Gasteiger partial charge on any atom is -0.352 e. The Kier molecular flexibility index (Phi) is 10.6. The summed E-state index contributed by atoms with van der Waals surface area (Å²) in [6.45, 7) is 8.51. The fourth-order valence-electron chi connectivity index (χ4n) is 4.24. The number of rotatable bonds is 11. The monoisotopic (exact) mass is 603 g/mol. The van der Waals surface area contributed by atoms with Crippen LogP contribution in [0, 0.1) is 13.8 Å². The van der Waals surface area contributed by atoms with Crippen LogP contribution in [-0.4, -0.2) is 43.8 Å². The maximum atomic E-state index is 14.1. The minimum absolute atomic E-state index is 0.0465. The Hall–Kier alpha value is -3.07. The average Bonchev–Trinajstić information content (AvgIpc) is 2.90. The number of anilines is 1. The molecule has 0 radical (unpaired) electrons. The van der Waals surface area contributed by atoms with E-state index in [9.17, 15) is 18.0 Å². The first-order valence-corrected chi connectivity index (χ1v) is 15.2. The summed E-state index contributed by atoms with van der Waals surface area (Å²) in [6.07, 6.45) is 0.707. The molecule has 10 heteroatoms. The number of aryl methyl sites for hydroxylation is 2. The predicted octanol–water partition coefficient (Wildman–Crippen LogP) is 6.14. The van der Waals surface area contributed by atoms with Crippen LogP contribution in [-0.2, 0) is 26.2 Å². The SMILES string of the molecule is CCC(C)NC(=O)C(C)N(Cc1c(Cl)cccc1Cl)C(=O)CN(c1cc(C)cc(C)c1)S(=O)(=O)c1ccccc1. The van der Waals surface area contributed by atoms with E-state index < -0.39 is 28.5 Å². The molecule has 3 rings (SSSR count). The summed E-state index contributed by atoms with van der Waals surface area (Å²) >= 11 is 12.9. The van der Waals surface area contributed by atoms with Gasteiger partial charge in [-0.3, -0.25) is 13.9 Å². The zero-order valence-corrected chi connectivity index (χ0v) is 25.6. The zero-order chi connectivity index (χ0) is 29.6. The van der Waals surface area contributed by atoms with Gasteiger partial charge in [-0.05, 0) is 81.6 Å². The van der Waals surface area contributed by atoms with Crippen molar-refractivity contribution < 1.29 is 18.0 Å². The molecular formula is C30H35Cl2N3O4S. The molecular weight excluding hydrogens is 569 g/mol. The summed E-state index contributed by atoms with van der Waals surface area (Å²) < 4.78 is 28.9. The number of amides is 2. The Bertz CT molecular complexity index is 1420. The Morgan fingerprint density at radius 3 is 2.02 bits per heavy atom. The van der Waals surface area contributed by atoms with E-state index in [-0.39, 0.29) is 23.4 Å². The van der Waals surface area contributed by atoms with Crippen LogP contribution in [0.25, 0.3) is 0 Å². The van der Waals surface area contributed by atoms with Gasteiger partial charge in [-0.15, -0.1) is 0 Å². The molecule has 2 unspecified atom stereocenters. The van der Waals surface area contributed by atoms with Gasteiger partial charge in [0.2, 0.25) is 11.8 Å². The van der Waals surface area contributed by atoms with Gasteiger partial charge in [-0.1, -0.05) is 60.5 Å². The second-order valence-electron chi connectivity index (χ2n) is 9.89. The highest BCUT2D eigenvalue weighted by atomic mass is 35.5. The highest BCUT2D eigenvalue weighted by Crippen LogP contribution is 2.29. The van der Waals surface area contributed by atoms with Crippen molar-refractivity contribution in [3.05, 3.63) is 93.5 Å². The van der Waals surface area contributed by atoms with Crippen molar-refractivity contribution in [2.45, 2.75) is 64.6 Å². The van der Waals surface area contributed by atoms with E-state index in [4.69, 9.17) is 23.2 Å². The Balaban J connectivity index is 2.09. The Labute approximate surface area is 247 Å². The van der Waals surface area contributed by atoms with Crippen LogP contribution in [0.5, 0.6) is 0 Å². The van der Waals surface area contributed by atoms with Crippen molar-refractivity contribution in [2.75, 3.05) is 10.8 Å². The van der Waals surface area contributed by atoms with Crippen molar-refractivity contribution in [1.29, 1.82) is 0 Å². The molecule has 0 aliphatic heterocycles. The van der Waals surface area contributed by atoms with E-state index in [2.05, 4.69) is 5.32 Å². The molecule has 3 aromatic rings. The molecule has 0 spiro atoms. The first kappa shape index (κ1) is 31.5. The van der Waals surface area contributed by atoms with Crippen molar-refractivity contribution in [3.63, 3.8) is 0 Å². The summed E-state index contributed by atoms with van der Waals surface area (Å²) in [5.41, 5.74) is 2.50. The fraction of sp³-hybridized carbons (Fsp3) is 0.333. The molecule has 0 fully saturated rings. The highest BCUT2D eigenvalue weighted by molar-refractivity contribution is 7.92. The molecule has 0 aliphatic rings. The number of carbonyl (C=O) groups excluding carboxylic acids is 2. The quantitative estimate of drug-likeness (QED) is 0.285. The number of carbonyl (C=O) groups is 2. The molecule has 0 saturated carbocycles. The molecule has 40 heavy (non-hydrogen) atoms. The molecule has 1 N–H and O–H groups in total. The maximum Gasteiger partial charge on any atom is 0.264 e. The van der Waals surface area contributed by atoms with Gasteiger partial charge in [-0.2, -0.15) is 0 Å². The second-order valence-corrected chi connectivity index (χ2v) is 12.6. The summed E-state index contributed by atoms with van der Waals surface area (Å²) in [5, 5.41) is 3.58. The topological polar surface area (TPSA) is 86.8 Å². The standard InChI is InChI=1S/C30H35Cl2N3O4S/c1-6-22(4)33-30(37)23(5)34(18-26-27(31)13-10-14-28(26)32)29(36)19-35(24-16-20(2)15-21(3)17-24)40(38,39)25-11-8-7-9-12-25/h7-17,22-23H,6,18-19H2,1-5H3,(H,33,37). The lowest BCUT2D eigenvalue weighted by Gasteiger charge is -2.33. The number of sulfonamides is 1. The summed E-state index contributed by atoms with van der Waals surface area (Å²) in [6, 6.07) is 17.2. The van der Waals surface area contributed by atoms with Gasteiger partial charge in [0.25, 0.3) is 10.0 Å². The minimum atomic E-state index is -4.14. The Morgan fingerprint density at radius 2 is 1.48 bits per heavy atom. The van der Waals surface area contributed by atoms with Crippen LogP contribution in [0.4, 0.5) is 5.69 Å². The number of hydrogen-bond donors (Lipinski definition) is 1. The van der Waals surface area contributed by atoms with E-state index >= 15 is 0 Å². The Morgan fingerprint density at radius 1 is 0.900 bits per heavy atom. The fourth-order valence-corrected chi connectivity index (χ4v) is 6.18. The molecule has 214 valence electrons. The predicted molar refractivity (Wildman–Crippen MR) is 161 cm³/mol. The second kappa shape index (κ2) is 13.5. The maximum absolute atomic E-state index is 14.1. The van der Waals surface area contributed by atoms with Crippen LogP contribution >= 0.6 is 23.2 Å². The summed E-state index contributed by atoms with van der Waals surface area (Å²) in [5.74, 6) is -0.948. The van der Waals surface area contributed by atoms with Gasteiger partial charge in [-0.25, -0.2) is 8.42 Å². The third-order valence-electron chi connectivity index (χ3n) is 6.66. The molecule has 3 aromatic carbocycles. The van der Waals surface area contributed by atoms with Crippen LogP contribution in [0.3, 0.4) is 0 Å². The van der Waals surface area contributed by atoms with Crippen LogP contribution < -0.4 is 9.62 Å². The molecule has 2 atom stereocenters. The smallest absolute Gasteiger partial charge is 0.264 e. The lowest BCUT2D eigenvalue weighted by atomic mass is 10.1. The lowest BCUT2D eigenvalue weighted by Crippen LogP contribution is -2.52. The molecule has 0 bridgehead atoms. The molecule has 0 aromatic heterocycles. The number of benzene rings is 3. The van der Waals surface area contributed by atoms with Gasteiger partial charge in [0.15, 0.2) is 0 Å². The third-order valence-corrected chi connectivity index (χ3v) is 9.16. The van der Waals surface area contributed by atoms with E-state index in [1.165, 1.54) is 17.0 Å². The molecule has 0 heterocycles. The van der Waals surface area contributed by atoms with Crippen LogP contribution in [0.15, 0.2) is 71.6 Å². The summed E-state index contributed by atoms with van der Waals surface area (Å²) in [7, 11) is -4.14. The van der Waals surface area contributed by atoms with E-state index in [0.29, 0.717) is 27.7 Å². The van der Waals surface area contributed by atoms with Gasteiger partial charge < -0.3 is 10.2 Å². The number of nitrogens with one attached hydrogen (secondary N) is 1. The zero-order valence-electron chi connectivity index (χ0n) is 23.3. The van der Waals surface area contributed by atoms with Gasteiger partial charge in [0.05, 0.1) is 10.6 Å². The van der Waals surface area contributed by atoms with Crippen molar-refractivity contribution in [2.24, 2.45) is 0 Å². The first-order chi connectivity index (χ1) is 18.8. The van der Waals surface area contributed by atoms with Crippen LogP contribution in [0.2, 0.25) is 10.0 Å². The van der Waals surface area contributed by atoms with E-state index in [1.807, 2.05) is 33.8 Å². The largest absolute Gasteiger partial charge is 0.352 e. The van der Waals surface area contributed by atoms with Crippen molar-refractivity contribution >= 4 is 50.7 Å². The van der Waals surface area contributed by atoms with Crippen molar-refractivity contribution in [3.8, 4) is 0 Å². The van der Waals surface area contributed by atoms with Crippen molar-refractivity contribution in [1.82, 2.24) is 10.2 Å². The first-order valence-electron chi connectivity index (χ1n) is 13.0. The number of halogens is 2. The number of nitrogens with zero attached hydrogens (tertiary/aromatic N) is 2. The normalized spacial score (nSPS) is 12.9. The molecule has 0 aliphatic carbocycles. The molecule has 7 nitrogen and oxygen atoms in total. The highest BCUT2D eigenvalue weighted by Gasteiger charge is 2.33. The third kappa shape index (κ3) is 7.56. The number of hydrogen-bond acceptors (Lipinski definition) is 4. The van der Waals surface area contributed by atoms with Crippen LogP contribution in [0.1, 0.15) is 43.9 Å². The van der Waals surface area contributed by atoms with Gasteiger partial charge in [0.1, 0.15) is 12.6 Å². The van der Waals surface area contributed by atoms with Gasteiger partial charge >= 0.3 is 0 Å². The molecule has 0 saturated heterocycles. The summed E-state index contributed by atoms with van der Waals surface area (Å²) in [4.78, 5) is 28.6. The average molecular weight is 605 g/mol.